The van der Waals surface area contributed by atoms with Gasteiger partial charge in [0, 0.05) is 6.54 Å². The van der Waals surface area contributed by atoms with Gasteiger partial charge >= 0.3 is 5.69 Å². The molecule has 0 radical (unpaired) electrons. The summed E-state index contributed by atoms with van der Waals surface area (Å²) in [6.07, 6.45) is 4.79. The maximum absolute atomic E-state index is 11.3. The first-order valence-electron chi connectivity index (χ1n) is 6.90. The maximum Gasteiger partial charge on any atom is 0.319 e. The number of fused-ring (bicyclic) bond motifs is 1. The van der Waals surface area contributed by atoms with Crippen molar-refractivity contribution in [3.05, 3.63) is 27.8 Å². The summed E-state index contributed by atoms with van der Waals surface area (Å²) in [6.45, 7) is 3.00. The van der Waals surface area contributed by atoms with Crippen LogP contribution in [-0.2, 0) is 0 Å². The van der Waals surface area contributed by atoms with E-state index in [0.717, 1.165) is 17.7 Å². The number of benzene rings is 1. The molecule has 1 fully saturated rings. The minimum Gasteiger partial charge on any atom is -0.379 e. The zero-order chi connectivity index (χ0) is 14.2. The summed E-state index contributed by atoms with van der Waals surface area (Å²) in [5.41, 5.74) is 3.21. The van der Waals surface area contributed by atoms with Crippen molar-refractivity contribution in [1.29, 1.82) is 0 Å². The number of nitro groups is 1. The summed E-state index contributed by atoms with van der Waals surface area (Å²) < 4.78 is 0.858. The Balaban J connectivity index is 1.87. The summed E-state index contributed by atoms with van der Waals surface area (Å²) in [4.78, 5) is 15.1. The first kappa shape index (κ1) is 13.3. The predicted octanol–water partition coefficient (Wildman–Crippen LogP) is 4.20. The molecule has 0 bridgehead atoms. The highest BCUT2D eigenvalue weighted by atomic mass is 32.1. The Kier molecular flexibility index (Phi) is 3.33. The summed E-state index contributed by atoms with van der Waals surface area (Å²) in [5, 5.41) is 14.6. The number of rotatable bonds is 6. The number of nitro benzene ring substituents is 1. The van der Waals surface area contributed by atoms with Crippen LogP contribution in [0.15, 0.2) is 17.6 Å². The number of anilines is 1. The van der Waals surface area contributed by atoms with E-state index in [1.165, 1.54) is 30.6 Å². The number of nitrogens with one attached hydrogen (secondary N) is 1. The van der Waals surface area contributed by atoms with Crippen LogP contribution in [0.4, 0.5) is 11.4 Å². The Morgan fingerprint density at radius 1 is 1.50 bits per heavy atom. The zero-order valence-corrected chi connectivity index (χ0v) is 12.2. The fourth-order valence-electron chi connectivity index (χ4n) is 2.75. The van der Waals surface area contributed by atoms with E-state index in [1.54, 1.807) is 11.6 Å². The third-order valence-electron chi connectivity index (χ3n) is 4.05. The lowest BCUT2D eigenvalue weighted by Crippen LogP contribution is -2.16. The molecule has 1 saturated carbocycles. The van der Waals surface area contributed by atoms with Gasteiger partial charge in [0.1, 0.15) is 5.69 Å². The molecule has 0 aliphatic heterocycles. The molecule has 0 spiro atoms. The van der Waals surface area contributed by atoms with Crippen LogP contribution >= 0.6 is 11.3 Å². The van der Waals surface area contributed by atoms with Gasteiger partial charge < -0.3 is 5.32 Å². The van der Waals surface area contributed by atoms with E-state index < -0.39 is 0 Å². The van der Waals surface area contributed by atoms with Crippen molar-refractivity contribution in [2.45, 2.75) is 32.6 Å². The zero-order valence-electron chi connectivity index (χ0n) is 11.4. The molecular formula is C14H17N3O2S. The summed E-state index contributed by atoms with van der Waals surface area (Å²) in [7, 11) is 0. The van der Waals surface area contributed by atoms with Crippen LogP contribution in [0.2, 0.25) is 0 Å². The molecule has 2 aromatic rings. The van der Waals surface area contributed by atoms with E-state index in [1.807, 2.05) is 6.07 Å². The lowest BCUT2D eigenvalue weighted by Gasteiger charge is -2.15. The van der Waals surface area contributed by atoms with E-state index in [4.69, 9.17) is 0 Å². The van der Waals surface area contributed by atoms with Crippen LogP contribution in [0.3, 0.4) is 0 Å². The Hall–Kier alpha value is -1.69. The van der Waals surface area contributed by atoms with Gasteiger partial charge in [0.15, 0.2) is 5.52 Å². The van der Waals surface area contributed by atoms with Crippen molar-refractivity contribution in [3.63, 3.8) is 0 Å². The van der Waals surface area contributed by atoms with Gasteiger partial charge in [-0.25, -0.2) is 4.98 Å². The first-order chi connectivity index (χ1) is 9.65. The third-order valence-corrected chi connectivity index (χ3v) is 4.84. The standard InChI is InChI=1S/C14H17N3O2S/c1-2-5-14(6-7-14)8-15-10-3-4-11-12(16-9-20-11)13(10)17(18)19/h3-4,9,15H,2,5-8H2,1H3. The van der Waals surface area contributed by atoms with Crippen molar-refractivity contribution in [2.75, 3.05) is 11.9 Å². The normalized spacial score (nSPS) is 16.2. The minimum absolute atomic E-state index is 0.107. The van der Waals surface area contributed by atoms with Crippen LogP contribution in [0.5, 0.6) is 0 Å². The molecule has 5 nitrogen and oxygen atoms in total. The van der Waals surface area contributed by atoms with Gasteiger partial charge in [0.2, 0.25) is 0 Å². The van der Waals surface area contributed by atoms with Crippen LogP contribution in [0.25, 0.3) is 10.2 Å². The number of aromatic nitrogens is 1. The topological polar surface area (TPSA) is 68.1 Å². The van der Waals surface area contributed by atoms with Crippen LogP contribution < -0.4 is 5.32 Å². The van der Waals surface area contributed by atoms with Crippen LogP contribution in [0, 0.1) is 15.5 Å². The smallest absolute Gasteiger partial charge is 0.319 e. The summed E-state index contributed by atoms with van der Waals surface area (Å²) in [6, 6.07) is 3.71. The third kappa shape index (κ3) is 2.35. The number of hydrogen-bond donors (Lipinski definition) is 1. The second-order valence-electron chi connectivity index (χ2n) is 5.52. The summed E-state index contributed by atoms with van der Waals surface area (Å²) in [5.74, 6) is 0. The molecule has 1 aliphatic rings. The fourth-order valence-corrected chi connectivity index (χ4v) is 3.43. The van der Waals surface area contributed by atoms with Crippen molar-refractivity contribution in [3.8, 4) is 0 Å². The van der Waals surface area contributed by atoms with Gasteiger partial charge in [0.25, 0.3) is 0 Å². The SMILES string of the molecule is CCCC1(CNc2ccc3scnc3c2[N+](=O)[O-])CC1. The molecule has 0 amide bonds. The number of hydrogen-bond acceptors (Lipinski definition) is 5. The second kappa shape index (κ2) is 5.01. The van der Waals surface area contributed by atoms with Gasteiger partial charge in [-0.1, -0.05) is 13.3 Å². The molecular weight excluding hydrogens is 274 g/mol. The Labute approximate surface area is 121 Å². The van der Waals surface area contributed by atoms with Crippen LogP contribution in [-0.4, -0.2) is 16.5 Å². The Morgan fingerprint density at radius 2 is 2.30 bits per heavy atom. The monoisotopic (exact) mass is 291 g/mol. The lowest BCUT2D eigenvalue weighted by molar-refractivity contribution is -0.382. The average molecular weight is 291 g/mol. The highest BCUT2D eigenvalue weighted by molar-refractivity contribution is 7.16. The molecule has 0 atom stereocenters. The highest BCUT2D eigenvalue weighted by Crippen LogP contribution is 2.50. The van der Waals surface area contributed by atoms with E-state index in [-0.39, 0.29) is 10.6 Å². The largest absolute Gasteiger partial charge is 0.379 e. The summed E-state index contributed by atoms with van der Waals surface area (Å²) >= 11 is 1.43. The molecule has 0 unspecified atom stereocenters. The number of thiazole rings is 1. The second-order valence-corrected chi connectivity index (χ2v) is 6.41. The molecule has 3 rings (SSSR count). The first-order valence-corrected chi connectivity index (χ1v) is 7.78. The molecule has 1 heterocycles. The Bertz CT molecular complexity index is 649. The van der Waals surface area contributed by atoms with E-state index in [2.05, 4.69) is 17.2 Å². The fraction of sp³-hybridized carbons (Fsp3) is 0.500. The van der Waals surface area contributed by atoms with E-state index in [0.29, 0.717) is 16.6 Å². The highest BCUT2D eigenvalue weighted by Gasteiger charge is 2.41. The van der Waals surface area contributed by atoms with Crippen LogP contribution in [0.1, 0.15) is 32.6 Å². The van der Waals surface area contributed by atoms with Gasteiger partial charge in [0.05, 0.1) is 15.1 Å². The molecule has 20 heavy (non-hydrogen) atoms. The van der Waals surface area contributed by atoms with Crippen molar-refractivity contribution in [1.82, 2.24) is 4.98 Å². The van der Waals surface area contributed by atoms with E-state index in [9.17, 15) is 10.1 Å². The van der Waals surface area contributed by atoms with Crippen molar-refractivity contribution < 1.29 is 4.92 Å². The quantitative estimate of drug-likeness (QED) is 0.640. The van der Waals surface area contributed by atoms with Crippen molar-refractivity contribution >= 4 is 32.9 Å². The minimum atomic E-state index is -0.330. The molecule has 106 valence electrons. The number of nitrogens with zero attached hydrogens (tertiary/aromatic N) is 2. The lowest BCUT2D eigenvalue weighted by atomic mass is 10.0. The van der Waals surface area contributed by atoms with Gasteiger partial charge in [-0.2, -0.15) is 0 Å². The van der Waals surface area contributed by atoms with E-state index >= 15 is 0 Å². The molecule has 1 aromatic carbocycles. The average Bonchev–Trinajstić information content (AvgIpc) is 3.02. The maximum atomic E-state index is 11.3. The molecule has 1 N–H and O–H groups in total. The van der Waals surface area contributed by atoms with Crippen molar-refractivity contribution in [2.24, 2.45) is 5.41 Å². The molecule has 1 aliphatic carbocycles. The van der Waals surface area contributed by atoms with Gasteiger partial charge in [-0.15, -0.1) is 11.3 Å². The Morgan fingerprint density at radius 3 is 2.95 bits per heavy atom. The molecule has 1 aromatic heterocycles. The predicted molar refractivity (Wildman–Crippen MR) is 81.3 cm³/mol. The molecule has 0 saturated heterocycles. The molecule has 6 heteroatoms. The van der Waals surface area contributed by atoms with Gasteiger partial charge in [-0.05, 0) is 36.8 Å². The van der Waals surface area contributed by atoms with Gasteiger partial charge in [-0.3, -0.25) is 10.1 Å².